The molecule has 1 heterocycles. The number of rotatable bonds is 10. The first-order valence-electron chi connectivity index (χ1n) is 10.0. The lowest BCUT2D eigenvalue weighted by Crippen LogP contribution is -2.32. The SMILES string of the molecule is CSC(CCC(=O)O)NC(=O)c1ccc(C=C(Cn2ccnc2)c2ccc(F)cc2)cc1. The summed E-state index contributed by atoms with van der Waals surface area (Å²) in [7, 11) is 0. The van der Waals surface area contributed by atoms with Crippen molar-refractivity contribution in [2.75, 3.05) is 6.26 Å². The van der Waals surface area contributed by atoms with Gasteiger partial charge in [-0.05, 0) is 59.7 Å². The smallest absolute Gasteiger partial charge is 0.303 e. The topological polar surface area (TPSA) is 84.2 Å². The van der Waals surface area contributed by atoms with Crippen LogP contribution in [0.2, 0.25) is 0 Å². The van der Waals surface area contributed by atoms with Crippen LogP contribution in [0.5, 0.6) is 0 Å². The quantitative estimate of drug-likeness (QED) is 0.348. The molecule has 3 rings (SSSR count). The molecule has 6 nitrogen and oxygen atoms in total. The van der Waals surface area contributed by atoms with E-state index < -0.39 is 5.97 Å². The minimum Gasteiger partial charge on any atom is -0.481 e. The van der Waals surface area contributed by atoms with Crippen molar-refractivity contribution in [2.45, 2.75) is 24.8 Å². The van der Waals surface area contributed by atoms with E-state index in [1.165, 1.54) is 23.9 Å². The predicted octanol–water partition coefficient (Wildman–Crippen LogP) is 4.55. The first kappa shape index (κ1) is 23.3. The summed E-state index contributed by atoms with van der Waals surface area (Å²) in [5, 5.41) is 11.4. The molecule has 0 saturated carbocycles. The van der Waals surface area contributed by atoms with Crippen LogP contribution in [0, 0.1) is 5.82 Å². The second-order valence-electron chi connectivity index (χ2n) is 7.16. The summed E-state index contributed by atoms with van der Waals surface area (Å²) >= 11 is 1.41. The number of carboxylic acids is 1. The monoisotopic (exact) mass is 453 g/mol. The summed E-state index contributed by atoms with van der Waals surface area (Å²) in [5.41, 5.74) is 3.25. The molecule has 0 aliphatic rings. The van der Waals surface area contributed by atoms with Crippen LogP contribution in [-0.2, 0) is 11.3 Å². The van der Waals surface area contributed by atoms with Crippen molar-refractivity contribution >= 4 is 35.3 Å². The van der Waals surface area contributed by atoms with E-state index in [4.69, 9.17) is 5.11 Å². The van der Waals surface area contributed by atoms with Crippen molar-refractivity contribution < 1.29 is 19.1 Å². The lowest BCUT2D eigenvalue weighted by Gasteiger charge is -2.15. The highest BCUT2D eigenvalue weighted by molar-refractivity contribution is 7.99. The fourth-order valence-corrected chi connectivity index (χ4v) is 3.70. The lowest BCUT2D eigenvalue weighted by atomic mass is 10.0. The normalized spacial score (nSPS) is 12.4. The molecule has 2 aromatic carbocycles. The number of hydrogen-bond donors (Lipinski definition) is 2. The molecular formula is C24H24FN3O3S. The number of thioether (sulfide) groups is 1. The Bertz CT molecular complexity index is 1060. The molecular weight excluding hydrogens is 429 g/mol. The predicted molar refractivity (Wildman–Crippen MR) is 125 cm³/mol. The van der Waals surface area contributed by atoms with Gasteiger partial charge in [0.05, 0.1) is 11.7 Å². The summed E-state index contributed by atoms with van der Waals surface area (Å²) in [5.74, 6) is -1.43. The number of nitrogens with one attached hydrogen (secondary N) is 1. The Hall–Kier alpha value is -3.39. The summed E-state index contributed by atoms with van der Waals surface area (Å²) in [6, 6.07) is 13.5. The Labute approximate surface area is 190 Å². The van der Waals surface area contributed by atoms with E-state index >= 15 is 0 Å². The van der Waals surface area contributed by atoms with Gasteiger partial charge in [0.25, 0.3) is 5.91 Å². The number of carbonyl (C=O) groups is 2. The first-order valence-corrected chi connectivity index (χ1v) is 11.3. The van der Waals surface area contributed by atoms with Gasteiger partial charge in [0.2, 0.25) is 0 Å². The molecule has 1 amide bonds. The van der Waals surface area contributed by atoms with Gasteiger partial charge in [-0.1, -0.05) is 24.3 Å². The number of halogens is 1. The third-order valence-electron chi connectivity index (χ3n) is 4.84. The Morgan fingerprint density at radius 2 is 1.84 bits per heavy atom. The number of aromatic nitrogens is 2. The minimum absolute atomic E-state index is 0.00139. The fourth-order valence-electron chi connectivity index (χ4n) is 3.13. The molecule has 0 fully saturated rings. The molecule has 8 heteroatoms. The Balaban J connectivity index is 1.76. The largest absolute Gasteiger partial charge is 0.481 e. The van der Waals surface area contributed by atoms with Crippen molar-refractivity contribution in [1.29, 1.82) is 0 Å². The molecule has 0 spiro atoms. The molecule has 0 bridgehead atoms. The maximum absolute atomic E-state index is 13.4. The maximum atomic E-state index is 13.4. The molecule has 1 unspecified atom stereocenters. The Morgan fingerprint density at radius 1 is 1.16 bits per heavy atom. The van der Waals surface area contributed by atoms with Gasteiger partial charge in [0, 0.05) is 30.9 Å². The van der Waals surface area contributed by atoms with E-state index in [0.29, 0.717) is 18.5 Å². The molecule has 0 saturated heterocycles. The van der Waals surface area contributed by atoms with Crippen LogP contribution in [0.15, 0.2) is 67.3 Å². The molecule has 0 aliphatic heterocycles. The van der Waals surface area contributed by atoms with Crippen LogP contribution >= 0.6 is 11.8 Å². The zero-order valence-electron chi connectivity index (χ0n) is 17.6. The molecule has 1 atom stereocenters. The van der Waals surface area contributed by atoms with Crippen LogP contribution in [0.3, 0.4) is 0 Å². The number of allylic oxidation sites excluding steroid dienone is 1. The van der Waals surface area contributed by atoms with Crippen molar-refractivity contribution in [1.82, 2.24) is 14.9 Å². The minimum atomic E-state index is -0.887. The highest BCUT2D eigenvalue weighted by Gasteiger charge is 2.14. The first-order chi connectivity index (χ1) is 15.4. The van der Waals surface area contributed by atoms with Crippen molar-refractivity contribution in [3.63, 3.8) is 0 Å². The maximum Gasteiger partial charge on any atom is 0.303 e. The van der Waals surface area contributed by atoms with Gasteiger partial charge in [0.1, 0.15) is 5.82 Å². The number of aliphatic carboxylic acids is 1. The number of hydrogen-bond acceptors (Lipinski definition) is 4. The van der Waals surface area contributed by atoms with E-state index in [2.05, 4.69) is 10.3 Å². The average Bonchev–Trinajstić information content (AvgIpc) is 3.30. The summed E-state index contributed by atoms with van der Waals surface area (Å²) in [6.07, 6.45) is 9.46. The van der Waals surface area contributed by atoms with Gasteiger partial charge in [0.15, 0.2) is 0 Å². The van der Waals surface area contributed by atoms with Crippen molar-refractivity contribution in [3.05, 3.63) is 89.8 Å². The van der Waals surface area contributed by atoms with Crippen molar-refractivity contribution in [2.24, 2.45) is 0 Å². The van der Waals surface area contributed by atoms with Crippen LogP contribution in [0.1, 0.15) is 34.3 Å². The van der Waals surface area contributed by atoms with E-state index in [1.807, 2.05) is 35.2 Å². The van der Waals surface area contributed by atoms with Crippen LogP contribution in [0.25, 0.3) is 11.6 Å². The molecule has 166 valence electrons. The van der Waals surface area contributed by atoms with Gasteiger partial charge in [-0.15, -0.1) is 11.8 Å². The third-order valence-corrected chi connectivity index (χ3v) is 5.76. The van der Waals surface area contributed by atoms with E-state index in [-0.39, 0.29) is 23.5 Å². The van der Waals surface area contributed by atoms with Gasteiger partial charge < -0.3 is 15.0 Å². The third kappa shape index (κ3) is 6.81. The number of nitrogens with zero attached hydrogens (tertiary/aromatic N) is 2. The van der Waals surface area contributed by atoms with Gasteiger partial charge in [-0.3, -0.25) is 9.59 Å². The average molecular weight is 454 g/mol. The Kier molecular flexibility index (Phi) is 8.21. The molecule has 32 heavy (non-hydrogen) atoms. The molecule has 3 aromatic rings. The number of imidazole rings is 1. The number of carbonyl (C=O) groups excluding carboxylic acids is 1. The highest BCUT2D eigenvalue weighted by Crippen LogP contribution is 2.21. The lowest BCUT2D eigenvalue weighted by molar-refractivity contribution is -0.137. The van der Waals surface area contributed by atoms with E-state index in [0.717, 1.165) is 16.7 Å². The zero-order valence-corrected chi connectivity index (χ0v) is 18.4. The standard InChI is InChI=1S/C24H24FN3O3S/c1-32-22(10-11-23(29)30)27-24(31)19-4-2-17(3-5-19)14-20(15-28-13-12-26-16-28)18-6-8-21(25)9-7-18/h2-9,12-14,16,22H,10-11,15H2,1H3,(H,27,31)(H,29,30). The second-order valence-corrected chi connectivity index (χ2v) is 8.20. The van der Waals surface area contributed by atoms with Gasteiger partial charge in [-0.25, -0.2) is 9.37 Å². The summed E-state index contributed by atoms with van der Waals surface area (Å²) < 4.78 is 15.3. The zero-order chi connectivity index (χ0) is 22.9. The van der Waals surface area contributed by atoms with Gasteiger partial charge in [-0.2, -0.15) is 0 Å². The Morgan fingerprint density at radius 3 is 2.44 bits per heavy atom. The molecule has 0 aliphatic carbocycles. The van der Waals surface area contributed by atoms with Crippen molar-refractivity contribution in [3.8, 4) is 0 Å². The van der Waals surface area contributed by atoms with Crippen LogP contribution in [0.4, 0.5) is 4.39 Å². The molecule has 0 radical (unpaired) electrons. The van der Waals surface area contributed by atoms with E-state index in [1.54, 1.807) is 36.8 Å². The highest BCUT2D eigenvalue weighted by atomic mass is 32.2. The molecule has 2 N–H and O–H groups in total. The number of carboxylic acid groups (broad SMARTS) is 1. The van der Waals surface area contributed by atoms with Crippen LogP contribution in [-0.4, -0.2) is 38.2 Å². The summed E-state index contributed by atoms with van der Waals surface area (Å²) in [4.78, 5) is 27.4. The molecule has 1 aromatic heterocycles. The number of amides is 1. The fraction of sp³-hybridized carbons (Fsp3) is 0.208. The van der Waals surface area contributed by atoms with Gasteiger partial charge >= 0.3 is 5.97 Å². The van der Waals surface area contributed by atoms with Crippen LogP contribution < -0.4 is 5.32 Å². The summed E-state index contributed by atoms with van der Waals surface area (Å²) in [6.45, 7) is 0.562. The second kappa shape index (κ2) is 11.3. The van der Waals surface area contributed by atoms with E-state index in [9.17, 15) is 14.0 Å². The number of benzene rings is 2.